The van der Waals surface area contributed by atoms with Gasteiger partial charge in [-0.05, 0) is 0 Å². The number of Topliss-reactive ketones (excluding diaryl/α,β-unsaturated/α-hetero) is 1. The van der Waals surface area contributed by atoms with E-state index in [9.17, 15) is 4.79 Å². The van der Waals surface area contributed by atoms with Gasteiger partial charge in [0.2, 0.25) is 0 Å². The molecular weight excluding hydrogens is 211 g/mol. The van der Waals surface area contributed by atoms with Gasteiger partial charge in [0.25, 0.3) is 0 Å². The molecular formula is C8H8BrFO. The fraction of sp³-hybridized carbons (Fsp3) is 0.125. The van der Waals surface area contributed by atoms with Gasteiger partial charge in [-0.25, -0.2) is 0 Å². The van der Waals surface area contributed by atoms with Crippen LogP contribution in [0.5, 0.6) is 0 Å². The van der Waals surface area contributed by atoms with Gasteiger partial charge >= 0.3 is 0 Å². The molecule has 1 nitrogen and oxygen atoms in total. The molecule has 1 aromatic rings. The molecule has 0 spiro atoms. The maximum Gasteiger partial charge on any atom is 0.173 e. The Morgan fingerprint density at radius 3 is 2.27 bits per heavy atom. The van der Waals surface area contributed by atoms with Gasteiger partial charge in [0.15, 0.2) is 5.78 Å². The molecule has 0 unspecified atom stereocenters. The Morgan fingerprint density at radius 1 is 1.27 bits per heavy atom. The summed E-state index contributed by atoms with van der Waals surface area (Å²) in [5.74, 6) is 0.126. The number of carbonyl (C=O) groups excluding carboxylic acids is 1. The van der Waals surface area contributed by atoms with Crippen molar-refractivity contribution in [2.45, 2.75) is 0 Å². The van der Waals surface area contributed by atoms with Gasteiger partial charge in [-0.3, -0.25) is 9.50 Å². The predicted octanol–water partition coefficient (Wildman–Crippen LogP) is 2.42. The number of hydrogen-bond acceptors (Lipinski definition) is 1. The Bertz CT molecular complexity index is 223. The Morgan fingerprint density at radius 2 is 1.82 bits per heavy atom. The zero-order chi connectivity index (χ0) is 7.40. The first-order valence-electron chi connectivity index (χ1n) is 2.99. The summed E-state index contributed by atoms with van der Waals surface area (Å²) in [6, 6.07) is 9.23. The minimum absolute atomic E-state index is 0. The second kappa shape index (κ2) is 5.02. The van der Waals surface area contributed by atoms with Crippen LogP contribution < -0.4 is 0 Å². The smallest absolute Gasteiger partial charge is 0.173 e. The summed E-state index contributed by atoms with van der Waals surface area (Å²) in [4.78, 5) is 11.0. The van der Waals surface area contributed by atoms with Gasteiger partial charge in [0.05, 0.1) is 5.33 Å². The van der Waals surface area contributed by atoms with E-state index in [1.807, 2.05) is 30.3 Å². The molecule has 0 saturated carbocycles. The maximum absolute atomic E-state index is 11.0. The topological polar surface area (TPSA) is 17.1 Å². The summed E-state index contributed by atoms with van der Waals surface area (Å²) in [6.45, 7) is 0. The second-order valence-electron chi connectivity index (χ2n) is 1.92. The largest absolute Gasteiger partial charge is 0.293 e. The number of benzene rings is 1. The molecule has 0 aliphatic heterocycles. The standard InChI is InChI=1S/C8H7BrO.FH/c9-6-8(10)7-4-2-1-3-5-7;/h1-5H,6H2;1H. The van der Waals surface area contributed by atoms with Crippen LogP contribution in [-0.4, -0.2) is 11.1 Å². The SMILES string of the molecule is F.O=C(CBr)c1ccccc1. The third kappa shape index (κ3) is 2.80. The Labute approximate surface area is 72.9 Å². The van der Waals surface area contributed by atoms with Crippen molar-refractivity contribution in [2.75, 3.05) is 5.33 Å². The van der Waals surface area contributed by atoms with Crippen molar-refractivity contribution < 1.29 is 9.50 Å². The van der Waals surface area contributed by atoms with Crippen molar-refractivity contribution in [1.82, 2.24) is 0 Å². The average Bonchev–Trinajstić information content (AvgIpc) is 2.05. The molecule has 1 aromatic carbocycles. The van der Waals surface area contributed by atoms with Crippen LogP contribution >= 0.6 is 15.9 Å². The Balaban J connectivity index is 0.000001000. The Kier molecular flexibility index (Phi) is 4.70. The van der Waals surface area contributed by atoms with E-state index in [-0.39, 0.29) is 10.5 Å². The van der Waals surface area contributed by atoms with Crippen molar-refractivity contribution in [3.8, 4) is 0 Å². The van der Waals surface area contributed by atoms with E-state index in [1.54, 1.807) is 0 Å². The van der Waals surface area contributed by atoms with Gasteiger partial charge in [0, 0.05) is 5.56 Å². The number of carbonyl (C=O) groups is 1. The van der Waals surface area contributed by atoms with E-state index in [4.69, 9.17) is 0 Å². The lowest BCUT2D eigenvalue weighted by Gasteiger charge is -1.92. The van der Waals surface area contributed by atoms with Gasteiger partial charge < -0.3 is 0 Å². The maximum atomic E-state index is 11.0. The summed E-state index contributed by atoms with van der Waals surface area (Å²) in [5.41, 5.74) is 0.763. The summed E-state index contributed by atoms with van der Waals surface area (Å²) in [7, 11) is 0. The van der Waals surface area contributed by atoms with Crippen LogP contribution in [-0.2, 0) is 0 Å². The molecule has 0 aromatic heterocycles. The molecule has 0 fully saturated rings. The fourth-order valence-electron chi connectivity index (χ4n) is 0.701. The van der Waals surface area contributed by atoms with E-state index in [0.717, 1.165) is 5.56 Å². The lowest BCUT2D eigenvalue weighted by molar-refractivity contribution is 0.102. The highest BCUT2D eigenvalue weighted by atomic mass is 79.9. The third-order valence-electron chi connectivity index (χ3n) is 1.22. The number of halogens is 2. The van der Waals surface area contributed by atoms with Gasteiger partial charge in [0.1, 0.15) is 0 Å². The molecule has 11 heavy (non-hydrogen) atoms. The molecule has 60 valence electrons. The molecule has 0 aliphatic rings. The van der Waals surface area contributed by atoms with E-state index >= 15 is 0 Å². The zero-order valence-electron chi connectivity index (χ0n) is 5.79. The van der Waals surface area contributed by atoms with E-state index in [2.05, 4.69) is 15.9 Å². The predicted molar refractivity (Wildman–Crippen MR) is 47.1 cm³/mol. The van der Waals surface area contributed by atoms with Crippen molar-refractivity contribution in [1.29, 1.82) is 0 Å². The van der Waals surface area contributed by atoms with E-state index < -0.39 is 0 Å². The van der Waals surface area contributed by atoms with Gasteiger partial charge in [-0.15, -0.1) is 0 Å². The van der Waals surface area contributed by atoms with Gasteiger partial charge in [-0.1, -0.05) is 46.3 Å². The first kappa shape index (κ1) is 10.3. The molecule has 0 amide bonds. The zero-order valence-corrected chi connectivity index (χ0v) is 7.37. The van der Waals surface area contributed by atoms with Crippen molar-refractivity contribution in [3.63, 3.8) is 0 Å². The normalized spacial score (nSPS) is 8.45. The molecule has 0 N–H and O–H groups in total. The second-order valence-corrected chi connectivity index (χ2v) is 2.48. The molecule has 3 heteroatoms. The van der Waals surface area contributed by atoms with Crippen LogP contribution in [0.4, 0.5) is 4.70 Å². The van der Waals surface area contributed by atoms with Crippen LogP contribution in [0.25, 0.3) is 0 Å². The van der Waals surface area contributed by atoms with Crippen LogP contribution in [0.2, 0.25) is 0 Å². The quantitative estimate of drug-likeness (QED) is 0.551. The third-order valence-corrected chi connectivity index (χ3v) is 1.73. The lowest BCUT2D eigenvalue weighted by Crippen LogP contribution is -1.98. The van der Waals surface area contributed by atoms with E-state index in [1.165, 1.54) is 0 Å². The van der Waals surface area contributed by atoms with Crippen molar-refractivity contribution >= 4 is 21.7 Å². The molecule has 0 heterocycles. The summed E-state index contributed by atoms with van der Waals surface area (Å²) in [6.07, 6.45) is 0. The molecule has 0 aliphatic carbocycles. The molecule has 1 rings (SSSR count). The summed E-state index contributed by atoms with van der Waals surface area (Å²) < 4.78 is 0. The average molecular weight is 219 g/mol. The highest BCUT2D eigenvalue weighted by molar-refractivity contribution is 9.09. The Hall–Kier alpha value is -0.700. The fourth-order valence-corrected chi connectivity index (χ4v) is 1.02. The number of alkyl halides is 1. The van der Waals surface area contributed by atoms with E-state index in [0.29, 0.717) is 5.33 Å². The monoisotopic (exact) mass is 218 g/mol. The molecule has 0 atom stereocenters. The highest BCUT2D eigenvalue weighted by Gasteiger charge is 1.99. The van der Waals surface area contributed by atoms with Gasteiger partial charge in [-0.2, -0.15) is 0 Å². The minimum atomic E-state index is 0. The minimum Gasteiger partial charge on any atom is -0.293 e. The van der Waals surface area contributed by atoms with Crippen LogP contribution in [0.3, 0.4) is 0 Å². The summed E-state index contributed by atoms with van der Waals surface area (Å²) >= 11 is 3.10. The van der Waals surface area contributed by atoms with Crippen molar-refractivity contribution in [2.24, 2.45) is 0 Å². The number of rotatable bonds is 2. The van der Waals surface area contributed by atoms with Crippen LogP contribution in [0.15, 0.2) is 30.3 Å². The number of ketones is 1. The van der Waals surface area contributed by atoms with Crippen LogP contribution in [0.1, 0.15) is 10.4 Å². The molecule has 0 saturated heterocycles. The molecule has 0 bridgehead atoms. The number of hydrogen-bond donors (Lipinski definition) is 0. The summed E-state index contributed by atoms with van der Waals surface area (Å²) in [5, 5.41) is 0.400. The molecule has 0 radical (unpaired) electrons. The lowest BCUT2D eigenvalue weighted by atomic mass is 10.2. The first-order valence-corrected chi connectivity index (χ1v) is 4.11. The highest BCUT2D eigenvalue weighted by Crippen LogP contribution is 2.01. The van der Waals surface area contributed by atoms with Crippen molar-refractivity contribution in [3.05, 3.63) is 35.9 Å². The first-order chi connectivity index (χ1) is 4.84. The van der Waals surface area contributed by atoms with Crippen LogP contribution in [0, 0.1) is 0 Å².